The summed E-state index contributed by atoms with van der Waals surface area (Å²) in [7, 11) is 1.73. The average Bonchev–Trinajstić information content (AvgIpc) is 2.31. The molecule has 1 aromatic carbocycles. The Morgan fingerprint density at radius 2 is 2.00 bits per heavy atom. The van der Waals surface area contributed by atoms with E-state index in [0.29, 0.717) is 11.4 Å². The largest absolute Gasteiger partial charge is 0.392 e. The minimum Gasteiger partial charge on any atom is -0.392 e. The van der Waals surface area contributed by atoms with Crippen molar-refractivity contribution in [2.75, 3.05) is 7.05 Å². The summed E-state index contributed by atoms with van der Waals surface area (Å²) in [6.45, 7) is 5.94. The lowest BCUT2D eigenvalue weighted by Crippen LogP contribution is -2.43. The van der Waals surface area contributed by atoms with E-state index < -0.39 is 0 Å². The second-order valence-electron chi connectivity index (χ2n) is 4.68. The number of nitrogens with two attached hydrogens (primary N) is 1. The van der Waals surface area contributed by atoms with Crippen LogP contribution in [0.25, 0.3) is 0 Å². The molecule has 4 heteroatoms. The molecule has 0 aliphatic heterocycles. The predicted molar refractivity (Wildman–Crippen MR) is 78.6 cm³/mol. The molecule has 0 radical (unpaired) electrons. The fourth-order valence-corrected chi connectivity index (χ4v) is 1.78. The van der Waals surface area contributed by atoms with Crippen molar-refractivity contribution in [1.82, 2.24) is 4.90 Å². The van der Waals surface area contributed by atoms with E-state index in [0.717, 1.165) is 5.56 Å². The van der Waals surface area contributed by atoms with Gasteiger partial charge in [0.05, 0.1) is 17.5 Å². The van der Waals surface area contributed by atoms with Crippen LogP contribution >= 0.6 is 12.2 Å². The lowest BCUT2D eigenvalue weighted by Gasteiger charge is -2.24. The molecule has 0 heterocycles. The molecule has 0 aliphatic carbocycles. The Kier molecular flexibility index (Phi) is 4.84. The molecule has 0 aromatic heterocycles. The van der Waals surface area contributed by atoms with Crippen molar-refractivity contribution < 1.29 is 4.79 Å². The molecule has 0 aliphatic rings. The second-order valence-corrected chi connectivity index (χ2v) is 5.15. The lowest BCUT2D eigenvalue weighted by molar-refractivity contribution is -0.129. The van der Waals surface area contributed by atoms with Gasteiger partial charge in [0, 0.05) is 7.05 Å². The van der Waals surface area contributed by atoms with E-state index in [4.69, 9.17) is 18.0 Å². The smallest absolute Gasteiger partial charge is 0.227 e. The summed E-state index contributed by atoms with van der Waals surface area (Å²) in [6, 6.07) is 5.86. The summed E-state index contributed by atoms with van der Waals surface area (Å²) in [6.07, 6.45) is 0.380. The second kappa shape index (κ2) is 5.96. The third-order valence-corrected chi connectivity index (χ3v) is 3.65. The molecule has 0 saturated carbocycles. The SMILES string of the molecule is Cc1ccc(CC(=O)N(C)C(C)C(N)=S)cc1C. The van der Waals surface area contributed by atoms with Crippen LogP contribution in [0.15, 0.2) is 18.2 Å². The maximum atomic E-state index is 12.1. The number of nitrogens with zero attached hydrogens (tertiary/aromatic N) is 1. The molecular formula is C14H20N2OS. The van der Waals surface area contributed by atoms with Crippen molar-refractivity contribution in [3.05, 3.63) is 34.9 Å². The third-order valence-electron chi connectivity index (χ3n) is 3.31. The van der Waals surface area contributed by atoms with Crippen molar-refractivity contribution in [3.8, 4) is 0 Å². The van der Waals surface area contributed by atoms with Crippen LogP contribution in [0.5, 0.6) is 0 Å². The summed E-state index contributed by atoms with van der Waals surface area (Å²) in [5, 5.41) is 0. The van der Waals surface area contributed by atoms with Gasteiger partial charge in [0.1, 0.15) is 0 Å². The number of hydrogen-bond donors (Lipinski definition) is 1. The van der Waals surface area contributed by atoms with E-state index in [1.807, 2.05) is 32.0 Å². The van der Waals surface area contributed by atoms with Crippen LogP contribution in [0.4, 0.5) is 0 Å². The lowest BCUT2D eigenvalue weighted by atomic mass is 10.0. The fourth-order valence-electron chi connectivity index (χ4n) is 1.62. The Morgan fingerprint density at radius 1 is 1.39 bits per heavy atom. The van der Waals surface area contributed by atoms with Gasteiger partial charge in [0.15, 0.2) is 0 Å². The maximum absolute atomic E-state index is 12.1. The van der Waals surface area contributed by atoms with Crippen molar-refractivity contribution in [2.45, 2.75) is 33.2 Å². The van der Waals surface area contributed by atoms with Crippen LogP contribution < -0.4 is 5.73 Å². The maximum Gasteiger partial charge on any atom is 0.227 e. The van der Waals surface area contributed by atoms with E-state index in [1.54, 1.807) is 11.9 Å². The van der Waals surface area contributed by atoms with Gasteiger partial charge in [-0.15, -0.1) is 0 Å². The highest BCUT2D eigenvalue weighted by Gasteiger charge is 2.17. The van der Waals surface area contributed by atoms with Crippen LogP contribution in [0.3, 0.4) is 0 Å². The number of rotatable bonds is 4. The van der Waals surface area contributed by atoms with Crippen molar-refractivity contribution in [2.24, 2.45) is 5.73 Å². The highest BCUT2D eigenvalue weighted by molar-refractivity contribution is 7.80. The van der Waals surface area contributed by atoms with Gasteiger partial charge in [-0.1, -0.05) is 30.4 Å². The first-order valence-electron chi connectivity index (χ1n) is 5.94. The van der Waals surface area contributed by atoms with Crippen LogP contribution in [0.2, 0.25) is 0 Å². The Hall–Kier alpha value is -1.42. The van der Waals surface area contributed by atoms with Crippen LogP contribution in [0.1, 0.15) is 23.6 Å². The average molecular weight is 264 g/mol. The number of amides is 1. The zero-order chi connectivity index (χ0) is 13.9. The number of carbonyl (C=O) groups excluding carboxylic acids is 1. The first-order valence-corrected chi connectivity index (χ1v) is 6.35. The first kappa shape index (κ1) is 14.6. The molecule has 1 rings (SSSR count). The Bertz CT molecular complexity index is 471. The van der Waals surface area contributed by atoms with Gasteiger partial charge in [-0.3, -0.25) is 4.79 Å². The molecule has 3 nitrogen and oxygen atoms in total. The summed E-state index contributed by atoms with van der Waals surface area (Å²) in [5.74, 6) is 0.0264. The Labute approximate surface area is 114 Å². The monoisotopic (exact) mass is 264 g/mol. The van der Waals surface area contributed by atoms with Gasteiger partial charge in [-0.05, 0) is 37.5 Å². The molecule has 0 spiro atoms. The van der Waals surface area contributed by atoms with Crippen molar-refractivity contribution >= 4 is 23.1 Å². The number of likely N-dealkylation sites (N-methyl/N-ethyl adjacent to an activating group) is 1. The molecular weight excluding hydrogens is 244 g/mol. The molecule has 1 unspecified atom stereocenters. The van der Waals surface area contributed by atoms with E-state index in [1.165, 1.54) is 11.1 Å². The fraction of sp³-hybridized carbons (Fsp3) is 0.429. The zero-order valence-electron chi connectivity index (χ0n) is 11.4. The first-order chi connectivity index (χ1) is 8.32. The minimum absolute atomic E-state index is 0.0264. The standard InChI is InChI=1S/C14H20N2OS/c1-9-5-6-12(7-10(9)2)8-13(17)16(4)11(3)14(15)18/h5-7,11H,8H2,1-4H3,(H2,15,18). The van der Waals surface area contributed by atoms with E-state index in [-0.39, 0.29) is 11.9 Å². The quantitative estimate of drug-likeness (QED) is 0.846. The summed E-state index contributed by atoms with van der Waals surface area (Å²) in [4.78, 5) is 14.0. The van der Waals surface area contributed by atoms with E-state index >= 15 is 0 Å². The third kappa shape index (κ3) is 3.53. The van der Waals surface area contributed by atoms with Crippen LogP contribution in [-0.2, 0) is 11.2 Å². The molecule has 2 N–H and O–H groups in total. The van der Waals surface area contributed by atoms with Gasteiger partial charge in [-0.25, -0.2) is 0 Å². The van der Waals surface area contributed by atoms with E-state index in [2.05, 4.69) is 6.92 Å². The molecule has 1 atom stereocenters. The molecule has 0 saturated heterocycles. The molecule has 0 fully saturated rings. The number of hydrogen-bond acceptors (Lipinski definition) is 2. The molecule has 1 amide bonds. The number of carbonyl (C=O) groups is 1. The van der Waals surface area contributed by atoms with Crippen molar-refractivity contribution in [3.63, 3.8) is 0 Å². The Balaban J connectivity index is 2.75. The number of thiocarbonyl (C=S) groups is 1. The van der Waals surface area contributed by atoms with Gasteiger partial charge in [-0.2, -0.15) is 0 Å². The van der Waals surface area contributed by atoms with Gasteiger partial charge >= 0.3 is 0 Å². The highest BCUT2D eigenvalue weighted by atomic mass is 32.1. The van der Waals surface area contributed by atoms with E-state index in [9.17, 15) is 4.79 Å². The van der Waals surface area contributed by atoms with Gasteiger partial charge in [0.25, 0.3) is 0 Å². The number of benzene rings is 1. The zero-order valence-corrected chi connectivity index (χ0v) is 12.2. The summed E-state index contributed by atoms with van der Waals surface area (Å²) >= 11 is 4.90. The topological polar surface area (TPSA) is 46.3 Å². The predicted octanol–water partition coefficient (Wildman–Crippen LogP) is 1.98. The van der Waals surface area contributed by atoms with Gasteiger partial charge < -0.3 is 10.6 Å². The minimum atomic E-state index is -0.209. The van der Waals surface area contributed by atoms with Crippen molar-refractivity contribution in [1.29, 1.82) is 0 Å². The molecule has 18 heavy (non-hydrogen) atoms. The Morgan fingerprint density at radius 3 is 2.50 bits per heavy atom. The molecule has 1 aromatic rings. The highest BCUT2D eigenvalue weighted by Crippen LogP contribution is 2.11. The summed E-state index contributed by atoms with van der Waals surface area (Å²) in [5.41, 5.74) is 9.00. The van der Waals surface area contributed by atoms with Crippen LogP contribution in [-0.4, -0.2) is 28.9 Å². The summed E-state index contributed by atoms with van der Waals surface area (Å²) < 4.78 is 0. The van der Waals surface area contributed by atoms with Gasteiger partial charge in [0.2, 0.25) is 5.91 Å². The molecule has 0 bridgehead atoms. The van der Waals surface area contributed by atoms with Crippen LogP contribution in [0, 0.1) is 13.8 Å². The number of aryl methyl sites for hydroxylation is 2. The normalized spacial score (nSPS) is 12.0. The molecule has 98 valence electrons.